The van der Waals surface area contributed by atoms with Crippen LogP contribution >= 0.6 is 0 Å². The first-order chi connectivity index (χ1) is 19.6. The second kappa shape index (κ2) is 33.4. The van der Waals surface area contributed by atoms with E-state index in [1.54, 1.807) is 0 Å². The maximum absolute atomic E-state index is 10.2. The van der Waals surface area contributed by atoms with E-state index in [-0.39, 0.29) is 6.10 Å². The van der Waals surface area contributed by atoms with E-state index in [0.717, 1.165) is 18.8 Å². The average molecular weight is 567 g/mol. The van der Waals surface area contributed by atoms with Gasteiger partial charge in [0.05, 0.1) is 12.2 Å². The smallest absolute Gasteiger partial charge is 0.0571 e. The summed E-state index contributed by atoms with van der Waals surface area (Å²) in [6, 6.07) is 0. The highest BCUT2D eigenvalue weighted by atomic mass is 16.5. The normalized spacial score (nSPS) is 14.0. The van der Waals surface area contributed by atoms with Crippen LogP contribution in [0.1, 0.15) is 220 Å². The third kappa shape index (κ3) is 30.9. The SMILES string of the molecule is CCCCCCCCCC(O)CCCCCCCCC(C)CCCCCCCC(CCCCCCCCC)OC. The number of hydrogen-bond acceptors (Lipinski definition) is 2. The minimum absolute atomic E-state index is 0.0431. The molecule has 0 saturated heterocycles. The number of rotatable bonds is 34. The van der Waals surface area contributed by atoms with Crippen LogP contribution in [0.5, 0.6) is 0 Å². The lowest BCUT2D eigenvalue weighted by molar-refractivity contribution is 0.0831. The zero-order valence-electron chi connectivity index (χ0n) is 28.5. The molecule has 0 spiro atoms. The Kier molecular flexibility index (Phi) is 33.4. The van der Waals surface area contributed by atoms with E-state index < -0.39 is 0 Å². The second-order valence-electron chi connectivity index (χ2n) is 13.5. The highest BCUT2D eigenvalue weighted by Crippen LogP contribution is 2.20. The van der Waals surface area contributed by atoms with Gasteiger partial charge in [-0.15, -0.1) is 0 Å². The summed E-state index contributed by atoms with van der Waals surface area (Å²) in [4.78, 5) is 0. The molecule has 0 aromatic carbocycles. The van der Waals surface area contributed by atoms with Crippen LogP contribution in [0, 0.1) is 5.92 Å². The largest absolute Gasteiger partial charge is 0.393 e. The quantitative estimate of drug-likeness (QED) is 0.0785. The van der Waals surface area contributed by atoms with E-state index in [0.29, 0.717) is 6.10 Å². The van der Waals surface area contributed by atoms with Gasteiger partial charge in [-0.25, -0.2) is 0 Å². The lowest BCUT2D eigenvalue weighted by Gasteiger charge is -2.15. The van der Waals surface area contributed by atoms with Gasteiger partial charge in [0.25, 0.3) is 0 Å². The molecule has 0 fully saturated rings. The number of aliphatic hydroxyl groups excluding tert-OH is 1. The van der Waals surface area contributed by atoms with Gasteiger partial charge in [-0.1, -0.05) is 194 Å². The van der Waals surface area contributed by atoms with Crippen molar-refractivity contribution in [2.75, 3.05) is 7.11 Å². The van der Waals surface area contributed by atoms with Gasteiger partial charge in [-0.3, -0.25) is 0 Å². The summed E-state index contributed by atoms with van der Waals surface area (Å²) in [5.74, 6) is 0.904. The van der Waals surface area contributed by atoms with Gasteiger partial charge in [0.1, 0.15) is 0 Å². The fourth-order valence-electron chi connectivity index (χ4n) is 6.31. The van der Waals surface area contributed by atoms with Gasteiger partial charge in [0.2, 0.25) is 0 Å². The number of aliphatic hydroxyl groups is 1. The van der Waals surface area contributed by atoms with Crippen LogP contribution in [0.25, 0.3) is 0 Å². The van der Waals surface area contributed by atoms with Crippen LogP contribution < -0.4 is 0 Å². The number of hydrogen-bond donors (Lipinski definition) is 1. The first-order valence-corrected chi connectivity index (χ1v) is 18.8. The second-order valence-corrected chi connectivity index (χ2v) is 13.5. The van der Waals surface area contributed by atoms with Gasteiger partial charge in [-0.2, -0.15) is 0 Å². The van der Waals surface area contributed by atoms with Gasteiger partial charge in [0, 0.05) is 7.11 Å². The highest BCUT2D eigenvalue weighted by molar-refractivity contribution is 4.61. The predicted molar refractivity (Wildman–Crippen MR) is 180 cm³/mol. The van der Waals surface area contributed by atoms with Crippen molar-refractivity contribution in [2.45, 2.75) is 232 Å². The number of methoxy groups -OCH3 is 1. The number of ether oxygens (including phenoxy) is 1. The summed E-state index contributed by atoms with van der Waals surface area (Å²) in [5.41, 5.74) is 0. The Bertz CT molecular complexity index is 451. The van der Waals surface area contributed by atoms with Crippen molar-refractivity contribution in [3.05, 3.63) is 0 Å². The molecule has 1 N–H and O–H groups in total. The maximum atomic E-state index is 10.2. The minimum Gasteiger partial charge on any atom is -0.393 e. The van der Waals surface area contributed by atoms with Crippen LogP contribution in [-0.4, -0.2) is 24.4 Å². The zero-order valence-corrected chi connectivity index (χ0v) is 28.5. The van der Waals surface area contributed by atoms with Crippen molar-refractivity contribution in [1.29, 1.82) is 0 Å². The third-order valence-electron chi connectivity index (χ3n) is 9.31. The first-order valence-electron chi connectivity index (χ1n) is 18.8. The molecule has 242 valence electrons. The Labute approximate surface area is 254 Å². The van der Waals surface area contributed by atoms with Crippen LogP contribution in [0.2, 0.25) is 0 Å². The van der Waals surface area contributed by atoms with E-state index in [1.165, 1.54) is 186 Å². The Morgan fingerprint density at radius 3 is 1.00 bits per heavy atom. The van der Waals surface area contributed by atoms with Crippen molar-refractivity contribution in [2.24, 2.45) is 5.92 Å². The fourth-order valence-corrected chi connectivity index (χ4v) is 6.31. The molecule has 0 aliphatic carbocycles. The van der Waals surface area contributed by atoms with E-state index >= 15 is 0 Å². The summed E-state index contributed by atoms with van der Waals surface area (Å²) in [6.45, 7) is 7.04. The molecular weight excluding hydrogens is 488 g/mol. The molecular formula is C38H78O2. The minimum atomic E-state index is -0.0431. The van der Waals surface area contributed by atoms with Crippen molar-refractivity contribution in [3.8, 4) is 0 Å². The molecule has 2 heteroatoms. The zero-order chi connectivity index (χ0) is 29.4. The molecule has 0 aromatic heterocycles. The van der Waals surface area contributed by atoms with Crippen molar-refractivity contribution >= 4 is 0 Å². The Morgan fingerprint density at radius 2 is 0.675 bits per heavy atom. The molecule has 0 bridgehead atoms. The fraction of sp³-hybridized carbons (Fsp3) is 1.00. The molecule has 3 atom stereocenters. The molecule has 0 rings (SSSR count). The molecule has 0 aliphatic rings. The molecule has 40 heavy (non-hydrogen) atoms. The molecule has 2 nitrogen and oxygen atoms in total. The molecule has 3 unspecified atom stereocenters. The van der Waals surface area contributed by atoms with Crippen LogP contribution in [0.15, 0.2) is 0 Å². The van der Waals surface area contributed by atoms with Gasteiger partial charge >= 0.3 is 0 Å². The lowest BCUT2D eigenvalue weighted by Crippen LogP contribution is -2.10. The summed E-state index contributed by atoms with van der Waals surface area (Å²) in [6.07, 6.45) is 42.2. The van der Waals surface area contributed by atoms with Crippen LogP contribution in [0.4, 0.5) is 0 Å². The summed E-state index contributed by atoms with van der Waals surface area (Å²) in [5, 5.41) is 10.2. The maximum Gasteiger partial charge on any atom is 0.0571 e. The van der Waals surface area contributed by atoms with Crippen LogP contribution in [0.3, 0.4) is 0 Å². The molecule has 0 aromatic rings. The van der Waals surface area contributed by atoms with Crippen molar-refractivity contribution in [3.63, 3.8) is 0 Å². The van der Waals surface area contributed by atoms with E-state index in [4.69, 9.17) is 4.74 Å². The van der Waals surface area contributed by atoms with Crippen molar-refractivity contribution < 1.29 is 9.84 Å². The average Bonchev–Trinajstić information content (AvgIpc) is 2.95. The highest BCUT2D eigenvalue weighted by Gasteiger charge is 2.08. The molecule has 0 heterocycles. The summed E-state index contributed by atoms with van der Waals surface area (Å²) >= 11 is 0. The Balaban J connectivity index is 3.38. The first kappa shape index (κ1) is 39.9. The molecule has 0 saturated carbocycles. The number of unbranched alkanes of at least 4 members (excludes halogenated alkanes) is 21. The lowest BCUT2D eigenvalue weighted by atomic mass is 9.95. The van der Waals surface area contributed by atoms with Gasteiger partial charge < -0.3 is 9.84 Å². The van der Waals surface area contributed by atoms with Gasteiger partial charge in [0.15, 0.2) is 0 Å². The Hall–Kier alpha value is -0.0800. The van der Waals surface area contributed by atoms with E-state index in [9.17, 15) is 5.11 Å². The standard InChI is InChI=1S/C38H78O2/c1-5-7-9-11-13-20-26-32-37(39)33-27-21-16-15-18-24-30-36(3)31-25-19-17-23-29-35-38(40-4)34-28-22-14-12-10-8-6-2/h36-39H,5-35H2,1-4H3. The third-order valence-corrected chi connectivity index (χ3v) is 9.31. The van der Waals surface area contributed by atoms with Crippen molar-refractivity contribution in [1.82, 2.24) is 0 Å². The molecule has 0 amide bonds. The Morgan fingerprint density at radius 1 is 0.400 bits per heavy atom. The van der Waals surface area contributed by atoms with E-state index in [2.05, 4.69) is 20.8 Å². The summed E-state index contributed by atoms with van der Waals surface area (Å²) in [7, 11) is 1.91. The van der Waals surface area contributed by atoms with Gasteiger partial charge in [-0.05, 0) is 31.6 Å². The predicted octanol–water partition coefficient (Wildman–Crippen LogP) is 13.1. The molecule has 0 radical (unpaired) electrons. The topological polar surface area (TPSA) is 29.5 Å². The van der Waals surface area contributed by atoms with Crippen LogP contribution in [-0.2, 0) is 4.74 Å². The summed E-state index contributed by atoms with van der Waals surface area (Å²) < 4.78 is 5.76. The monoisotopic (exact) mass is 567 g/mol. The van der Waals surface area contributed by atoms with E-state index in [1.807, 2.05) is 7.11 Å². The molecule has 0 aliphatic heterocycles.